The molecule has 0 fully saturated rings. The molecule has 21 heavy (non-hydrogen) atoms. The van der Waals surface area contributed by atoms with Crippen molar-refractivity contribution in [3.8, 4) is 0 Å². The van der Waals surface area contributed by atoms with E-state index in [1.165, 1.54) is 12.3 Å². The number of benzene rings is 1. The molecule has 0 saturated carbocycles. The molecule has 0 radical (unpaired) electrons. The average molecular weight is 289 g/mol. The molecule has 6 heteroatoms. The summed E-state index contributed by atoms with van der Waals surface area (Å²) in [4.78, 5) is 19.4. The number of aryl methyl sites for hydroxylation is 1. The molecule has 0 aliphatic carbocycles. The summed E-state index contributed by atoms with van der Waals surface area (Å²) < 4.78 is 13.7. The van der Waals surface area contributed by atoms with E-state index >= 15 is 0 Å². The molecule has 0 aliphatic heterocycles. The zero-order valence-corrected chi connectivity index (χ0v) is 12.0. The first kappa shape index (κ1) is 14.9. The highest BCUT2D eigenvalue weighted by Crippen LogP contribution is 2.24. The first-order valence-corrected chi connectivity index (χ1v) is 6.52. The zero-order valence-electron chi connectivity index (χ0n) is 12.0. The van der Waals surface area contributed by atoms with E-state index in [9.17, 15) is 14.3 Å². The van der Waals surface area contributed by atoms with Crippen molar-refractivity contribution in [1.29, 1.82) is 0 Å². The quantitative estimate of drug-likeness (QED) is 0.901. The van der Waals surface area contributed by atoms with Crippen molar-refractivity contribution in [3.05, 3.63) is 47.3 Å². The number of hydrogen-bond acceptors (Lipinski definition) is 4. The lowest BCUT2D eigenvalue weighted by atomic mass is 10.2. The number of carbonyl (C=O) groups is 1. The normalized spacial score (nSPS) is 10.7. The van der Waals surface area contributed by atoms with Gasteiger partial charge in [-0.3, -0.25) is 0 Å². The van der Waals surface area contributed by atoms with Crippen LogP contribution in [0.4, 0.5) is 15.8 Å². The Morgan fingerprint density at radius 3 is 2.67 bits per heavy atom. The van der Waals surface area contributed by atoms with Crippen LogP contribution in [-0.4, -0.2) is 21.0 Å². The molecule has 0 saturated heterocycles. The minimum Gasteiger partial charge on any atom is -0.476 e. The van der Waals surface area contributed by atoms with Crippen molar-refractivity contribution >= 4 is 17.3 Å². The fourth-order valence-corrected chi connectivity index (χ4v) is 1.81. The van der Waals surface area contributed by atoms with Crippen LogP contribution in [0.2, 0.25) is 0 Å². The van der Waals surface area contributed by atoms with Gasteiger partial charge in [0.2, 0.25) is 0 Å². The topological polar surface area (TPSA) is 75.1 Å². The van der Waals surface area contributed by atoms with E-state index in [4.69, 9.17) is 0 Å². The SMILES string of the molecule is Cc1ccc(F)c(Nc2cnc(C(C)C)nc2C(=O)O)c1. The predicted octanol–water partition coefficient (Wildman–Crippen LogP) is 3.49. The lowest BCUT2D eigenvalue weighted by Gasteiger charge is -2.12. The Morgan fingerprint density at radius 2 is 2.05 bits per heavy atom. The van der Waals surface area contributed by atoms with Gasteiger partial charge >= 0.3 is 5.97 Å². The van der Waals surface area contributed by atoms with E-state index in [1.807, 2.05) is 20.8 Å². The number of nitrogens with zero attached hydrogens (tertiary/aromatic N) is 2. The fraction of sp³-hybridized carbons (Fsp3) is 0.267. The summed E-state index contributed by atoms with van der Waals surface area (Å²) in [5.41, 5.74) is 1.04. The number of halogens is 1. The van der Waals surface area contributed by atoms with Gasteiger partial charge in [-0.25, -0.2) is 19.2 Å². The number of anilines is 2. The third-order valence-electron chi connectivity index (χ3n) is 2.92. The van der Waals surface area contributed by atoms with Crippen LogP contribution in [0.3, 0.4) is 0 Å². The van der Waals surface area contributed by atoms with Gasteiger partial charge in [0.15, 0.2) is 5.69 Å². The molecular weight excluding hydrogens is 273 g/mol. The predicted molar refractivity (Wildman–Crippen MR) is 77.5 cm³/mol. The first-order chi connectivity index (χ1) is 9.88. The third kappa shape index (κ3) is 3.34. The Balaban J connectivity index is 2.44. The molecule has 1 heterocycles. The van der Waals surface area contributed by atoms with E-state index in [1.54, 1.807) is 12.1 Å². The maximum atomic E-state index is 13.7. The second kappa shape index (κ2) is 5.87. The lowest BCUT2D eigenvalue weighted by Crippen LogP contribution is -2.10. The number of aromatic carboxylic acids is 1. The third-order valence-corrected chi connectivity index (χ3v) is 2.92. The van der Waals surface area contributed by atoms with Gasteiger partial charge in [0.05, 0.1) is 17.6 Å². The van der Waals surface area contributed by atoms with E-state index in [0.717, 1.165) is 5.56 Å². The van der Waals surface area contributed by atoms with Crippen molar-refractivity contribution in [2.75, 3.05) is 5.32 Å². The van der Waals surface area contributed by atoms with Crippen LogP contribution in [0.5, 0.6) is 0 Å². The highest BCUT2D eigenvalue weighted by atomic mass is 19.1. The average Bonchev–Trinajstić information content (AvgIpc) is 2.42. The summed E-state index contributed by atoms with van der Waals surface area (Å²) in [6, 6.07) is 4.55. The summed E-state index contributed by atoms with van der Waals surface area (Å²) >= 11 is 0. The van der Waals surface area contributed by atoms with Crippen LogP contribution in [0.15, 0.2) is 24.4 Å². The Morgan fingerprint density at radius 1 is 1.33 bits per heavy atom. The van der Waals surface area contributed by atoms with Gasteiger partial charge in [-0.05, 0) is 24.6 Å². The van der Waals surface area contributed by atoms with Crippen LogP contribution in [0.1, 0.15) is 41.6 Å². The summed E-state index contributed by atoms with van der Waals surface area (Å²) in [5, 5.41) is 12.0. The number of carboxylic acids is 1. The van der Waals surface area contributed by atoms with Crippen LogP contribution in [0, 0.1) is 12.7 Å². The molecule has 2 rings (SSSR count). The summed E-state index contributed by atoms with van der Waals surface area (Å²) in [5.74, 6) is -1.21. The minimum atomic E-state index is -1.19. The molecule has 0 aliphatic rings. The van der Waals surface area contributed by atoms with Crippen molar-refractivity contribution in [2.45, 2.75) is 26.7 Å². The molecule has 2 N–H and O–H groups in total. The van der Waals surface area contributed by atoms with E-state index in [2.05, 4.69) is 15.3 Å². The van der Waals surface area contributed by atoms with Gasteiger partial charge in [0.25, 0.3) is 0 Å². The number of nitrogens with one attached hydrogen (secondary N) is 1. The molecule has 1 aromatic carbocycles. The molecule has 0 spiro atoms. The zero-order chi connectivity index (χ0) is 15.6. The molecule has 0 bridgehead atoms. The Bertz CT molecular complexity index is 687. The monoisotopic (exact) mass is 289 g/mol. The van der Waals surface area contributed by atoms with Crippen LogP contribution < -0.4 is 5.32 Å². The standard InChI is InChI=1S/C15H16FN3O2/c1-8(2)14-17-7-12(13(19-14)15(20)21)18-11-6-9(3)4-5-10(11)16/h4-8,18H,1-3H3,(H,20,21). The second-order valence-corrected chi connectivity index (χ2v) is 5.06. The highest BCUT2D eigenvalue weighted by Gasteiger charge is 2.16. The smallest absolute Gasteiger partial charge is 0.356 e. The first-order valence-electron chi connectivity index (χ1n) is 6.52. The maximum absolute atomic E-state index is 13.7. The lowest BCUT2D eigenvalue weighted by molar-refractivity contribution is 0.0691. The maximum Gasteiger partial charge on any atom is 0.356 e. The molecule has 5 nitrogen and oxygen atoms in total. The molecule has 0 atom stereocenters. The molecule has 1 aromatic heterocycles. The summed E-state index contributed by atoms with van der Waals surface area (Å²) in [6.07, 6.45) is 1.37. The van der Waals surface area contributed by atoms with Gasteiger partial charge in [-0.15, -0.1) is 0 Å². The van der Waals surface area contributed by atoms with Crippen LogP contribution >= 0.6 is 0 Å². The Labute approximate surface area is 121 Å². The minimum absolute atomic E-state index is 0.00727. The van der Waals surface area contributed by atoms with Crippen molar-refractivity contribution in [1.82, 2.24) is 9.97 Å². The van der Waals surface area contributed by atoms with Crippen molar-refractivity contribution in [2.24, 2.45) is 0 Å². The van der Waals surface area contributed by atoms with Crippen LogP contribution in [0.25, 0.3) is 0 Å². The largest absolute Gasteiger partial charge is 0.476 e. The Kier molecular flexibility index (Phi) is 4.16. The highest BCUT2D eigenvalue weighted by molar-refractivity contribution is 5.92. The van der Waals surface area contributed by atoms with Gasteiger partial charge in [-0.1, -0.05) is 19.9 Å². The van der Waals surface area contributed by atoms with Gasteiger partial charge in [0.1, 0.15) is 11.6 Å². The second-order valence-electron chi connectivity index (χ2n) is 5.06. The van der Waals surface area contributed by atoms with E-state index < -0.39 is 11.8 Å². The van der Waals surface area contributed by atoms with Gasteiger partial charge in [-0.2, -0.15) is 0 Å². The number of rotatable bonds is 4. The molecular formula is C15H16FN3O2. The summed E-state index contributed by atoms with van der Waals surface area (Å²) in [6.45, 7) is 5.56. The van der Waals surface area contributed by atoms with Crippen molar-refractivity contribution in [3.63, 3.8) is 0 Å². The van der Waals surface area contributed by atoms with E-state index in [0.29, 0.717) is 5.82 Å². The molecule has 2 aromatic rings. The molecule has 0 amide bonds. The van der Waals surface area contributed by atoms with E-state index in [-0.39, 0.29) is 23.0 Å². The number of carboxylic acid groups (broad SMARTS) is 1. The summed E-state index contributed by atoms with van der Waals surface area (Å²) in [7, 11) is 0. The molecule has 0 unspecified atom stereocenters. The van der Waals surface area contributed by atoms with Crippen molar-refractivity contribution < 1.29 is 14.3 Å². The van der Waals surface area contributed by atoms with Gasteiger partial charge < -0.3 is 10.4 Å². The fourth-order valence-electron chi connectivity index (χ4n) is 1.81. The number of aromatic nitrogens is 2. The Hall–Kier alpha value is -2.50. The van der Waals surface area contributed by atoms with Crippen LogP contribution in [-0.2, 0) is 0 Å². The van der Waals surface area contributed by atoms with Gasteiger partial charge in [0, 0.05) is 5.92 Å². The molecule has 110 valence electrons. The number of hydrogen-bond donors (Lipinski definition) is 2.